The zero-order valence-corrected chi connectivity index (χ0v) is 16.2. The number of hydrogen-bond acceptors (Lipinski definition) is 5. The first-order valence-electron chi connectivity index (χ1n) is 7.98. The minimum absolute atomic E-state index is 0. The molecule has 3 aromatic rings. The molecular weight excluding hydrogens is 370 g/mol. The molecule has 7 heteroatoms. The highest BCUT2D eigenvalue weighted by molar-refractivity contribution is 7.11. The van der Waals surface area contributed by atoms with Gasteiger partial charge in [0.2, 0.25) is 0 Å². The summed E-state index contributed by atoms with van der Waals surface area (Å²) in [5.41, 5.74) is 3.48. The van der Waals surface area contributed by atoms with Crippen LogP contribution in [-0.4, -0.2) is 27.0 Å². The number of aliphatic hydroxyl groups is 1. The maximum Gasteiger partial charge on any atom is 0.190 e. The first kappa shape index (κ1) is 20.0. The molecule has 3 rings (SSSR count). The van der Waals surface area contributed by atoms with Gasteiger partial charge in [-0.05, 0) is 19.1 Å². The highest BCUT2D eigenvalue weighted by Gasteiger charge is 2.13. The van der Waals surface area contributed by atoms with Crippen LogP contribution in [0.3, 0.4) is 0 Å². The highest BCUT2D eigenvalue weighted by Crippen LogP contribution is 2.20. The number of thiazole rings is 1. The smallest absolute Gasteiger partial charge is 0.190 e. The number of pyridine rings is 1. The zero-order valence-electron chi connectivity index (χ0n) is 14.5. The van der Waals surface area contributed by atoms with Crippen LogP contribution >= 0.6 is 23.7 Å². The number of ketones is 1. The molecule has 0 aliphatic heterocycles. The third kappa shape index (κ3) is 4.27. The number of benzene rings is 1. The van der Waals surface area contributed by atoms with Gasteiger partial charge in [-0.1, -0.05) is 41.7 Å². The second-order valence-corrected chi connectivity index (χ2v) is 6.59. The van der Waals surface area contributed by atoms with Gasteiger partial charge in [-0.15, -0.1) is 12.4 Å². The lowest BCUT2D eigenvalue weighted by atomic mass is 10.1. The fourth-order valence-corrected chi connectivity index (χ4v) is 3.68. The topological polar surface area (TPSA) is 67.5 Å². The van der Waals surface area contributed by atoms with Gasteiger partial charge in [0.25, 0.3) is 0 Å². The van der Waals surface area contributed by atoms with Gasteiger partial charge in [-0.3, -0.25) is 9.78 Å². The summed E-state index contributed by atoms with van der Waals surface area (Å²) in [7, 11) is 0. The summed E-state index contributed by atoms with van der Waals surface area (Å²) in [6.07, 6.45) is 1.72. The van der Waals surface area contributed by atoms with E-state index in [9.17, 15) is 9.90 Å². The molecule has 0 aliphatic carbocycles. The van der Waals surface area contributed by atoms with Gasteiger partial charge in [0, 0.05) is 24.7 Å². The highest BCUT2D eigenvalue weighted by atomic mass is 35.5. The lowest BCUT2D eigenvalue weighted by molar-refractivity contribution is 0.102. The van der Waals surface area contributed by atoms with E-state index in [1.165, 1.54) is 11.3 Å². The van der Waals surface area contributed by atoms with Crippen molar-refractivity contribution in [2.45, 2.75) is 20.4 Å². The van der Waals surface area contributed by atoms with Gasteiger partial charge in [0.15, 0.2) is 10.6 Å². The standard InChI is InChI=1S/C19H19N3O2S.ClH/c1-13-18(14(2)24)25-19(22(13)10-11-23)21-16-8-9-17(20-12-16)15-6-4-3-5-7-15;/h3-9,12,23H,10-11H2,1-2H3;1H. The minimum Gasteiger partial charge on any atom is -0.395 e. The summed E-state index contributed by atoms with van der Waals surface area (Å²) in [4.78, 5) is 22.2. The Kier molecular flexibility index (Phi) is 6.85. The Morgan fingerprint density at radius 2 is 1.96 bits per heavy atom. The van der Waals surface area contributed by atoms with Crippen LogP contribution in [0.5, 0.6) is 0 Å². The lowest BCUT2D eigenvalue weighted by Gasteiger charge is -2.04. The molecule has 2 aromatic heterocycles. The molecule has 0 fully saturated rings. The molecule has 136 valence electrons. The van der Waals surface area contributed by atoms with Gasteiger partial charge < -0.3 is 9.67 Å². The number of nitrogens with zero attached hydrogens (tertiary/aromatic N) is 3. The van der Waals surface area contributed by atoms with E-state index in [0.29, 0.717) is 21.9 Å². The van der Waals surface area contributed by atoms with E-state index in [1.807, 2.05) is 54.0 Å². The van der Waals surface area contributed by atoms with E-state index in [4.69, 9.17) is 0 Å². The molecule has 5 nitrogen and oxygen atoms in total. The Morgan fingerprint density at radius 1 is 1.23 bits per heavy atom. The Hall–Kier alpha value is -2.28. The van der Waals surface area contributed by atoms with Crippen molar-refractivity contribution < 1.29 is 9.90 Å². The summed E-state index contributed by atoms with van der Waals surface area (Å²) < 4.78 is 1.87. The number of carbonyl (C=O) groups excluding carboxylic acids is 1. The normalized spacial score (nSPS) is 11.3. The SMILES string of the molecule is CC(=O)c1sc(=Nc2ccc(-c3ccccc3)nc2)n(CCO)c1C.Cl. The third-order valence-corrected chi connectivity index (χ3v) is 5.12. The summed E-state index contributed by atoms with van der Waals surface area (Å²) >= 11 is 1.34. The Labute approximate surface area is 162 Å². The predicted molar refractivity (Wildman–Crippen MR) is 106 cm³/mol. The monoisotopic (exact) mass is 389 g/mol. The average molecular weight is 390 g/mol. The molecule has 1 N–H and O–H groups in total. The first-order valence-corrected chi connectivity index (χ1v) is 8.80. The number of aromatic nitrogens is 2. The molecule has 0 amide bonds. The zero-order chi connectivity index (χ0) is 17.8. The largest absolute Gasteiger partial charge is 0.395 e. The molecule has 0 unspecified atom stereocenters. The molecule has 2 heterocycles. The molecule has 26 heavy (non-hydrogen) atoms. The summed E-state index contributed by atoms with van der Waals surface area (Å²) in [5.74, 6) is 0.00758. The van der Waals surface area contributed by atoms with Crippen LogP contribution < -0.4 is 4.80 Å². The number of Topliss-reactive ketones (excluding diaryl/α,β-unsaturated/α-hetero) is 1. The fraction of sp³-hybridized carbons (Fsp3) is 0.211. The van der Waals surface area contributed by atoms with Crippen molar-refractivity contribution in [3.8, 4) is 11.3 Å². The van der Waals surface area contributed by atoms with E-state index in [2.05, 4.69) is 9.98 Å². The van der Waals surface area contributed by atoms with Crippen LogP contribution in [0, 0.1) is 6.92 Å². The van der Waals surface area contributed by atoms with Gasteiger partial charge in [-0.25, -0.2) is 4.99 Å². The molecule has 0 atom stereocenters. The number of halogens is 1. The van der Waals surface area contributed by atoms with Gasteiger partial charge >= 0.3 is 0 Å². The van der Waals surface area contributed by atoms with Crippen LogP contribution in [0.4, 0.5) is 5.69 Å². The van der Waals surface area contributed by atoms with Crippen LogP contribution in [0.25, 0.3) is 11.3 Å². The van der Waals surface area contributed by atoms with Crippen LogP contribution in [0.1, 0.15) is 22.3 Å². The number of rotatable bonds is 5. The van der Waals surface area contributed by atoms with Gasteiger partial charge in [0.1, 0.15) is 0 Å². The number of hydrogen-bond donors (Lipinski definition) is 1. The molecule has 0 bridgehead atoms. The Balaban J connectivity index is 0.00000243. The average Bonchev–Trinajstić information content (AvgIpc) is 2.93. The van der Waals surface area contributed by atoms with Crippen LogP contribution in [-0.2, 0) is 6.54 Å². The maximum absolute atomic E-state index is 11.8. The third-order valence-electron chi connectivity index (χ3n) is 3.84. The minimum atomic E-state index is -0.00665. The fourth-order valence-electron chi connectivity index (χ4n) is 2.60. The van der Waals surface area contributed by atoms with Crippen molar-refractivity contribution in [2.24, 2.45) is 4.99 Å². The maximum atomic E-state index is 11.8. The van der Waals surface area contributed by atoms with E-state index in [-0.39, 0.29) is 24.8 Å². The van der Waals surface area contributed by atoms with E-state index in [1.54, 1.807) is 13.1 Å². The molecule has 0 radical (unpaired) electrons. The molecule has 0 aliphatic rings. The Morgan fingerprint density at radius 3 is 2.54 bits per heavy atom. The van der Waals surface area contributed by atoms with Crippen molar-refractivity contribution in [3.63, 3.8) is 0 Å². The summed E-state index contributed by atoms with van der Waals surface area (Å²) in [6, 6.07) is 13.8. The molecular formula is C19H20ClN3O2S. The van der Waals surface area contributed by atoms with Crippen molar-refractivity contribution in [1.29, 1.82) is 0 Å². The molecule has 0 saturated carbocycles. The predicted octanol–water partition coefficient (Wildman–Crippen LogP) is 3.77. The first-order chi connectivity index (χ1) is 12.1. The summed E-state index contributed by atoms with van der Waals surface area (Å²) in [6.45, 7) is 3.82. The quantitative estimate of drug-likeness (QED) is 0.675. The van der Waals surface area contributed by atoms with E-state index >= 15 is 0 Å². The van der Waals surface area contributed by atoms with Crippen molar-refractivity contribution in [3.05, 3.63) is 64.0 Å². The van der Waals surface area contributed by atoms with Crippen LogP contribution in [0.15, 0.2) is 53.7 Å². The Bertz CT molecular complexity index is 947. The van der Waals surface area contributed by atoms with Crippen LogP contribution in [0.2, 0.25) is 0 Å². The van der Waals surface area contributed by atoms with E-state index < -0.39 is 0 Å². The second-order valence-electron chi connectivity index (χ2n) is 5.61. The number of carbonyl (C=O) groups is 1. The van der Waals surface area contributed by atoms with E-state index in [0.717, 1.165) is 17.0 Å². The van der Waals surface area contributed by atoms with Crippen molar-refractivity contribution in [1.82, 2.24) is 9.55 Å². The van der Waals surface area contributed by atoms with Gasteiger partial charge in [0.05, 0.1) is 29.1 Å². The molecule has 0 spiro atoms. The van der Waals surface area contributed by atoms with Crippen molar-refractivity contribution >= 4 is 35.2 Å². The second kappa shape index (κ2) is 8.89. The number of aliphatic hydroxyl groups excluding tert-OH is 1. The van der Waals surface area contributed by atoms with Gasteiger partial charge in [-0.2, -0.15) is 0 Å². The van der Waals surface area contributed by atoms with Crippen molar-refractivity contribution in [2.75, 3.05) is 6.61 Å². The molecule has 0 saturated heterocycles. The molecule has 1 aromatic carbocycles. The lowest BCUT2D eigenvalue weighted by Crippen LogP contribution is -2.18. The summed E-state index contributed by atoms with van der Waals surface area (Å²) in [5, 5.41) is 9.29.